The molecule has 5 heteroatoms. The van der Waals surface area contributed by atoms with Crippen molar-refractivity contribution < 1.29 is 4.74 Å². The molecule has 0 aliphatic carbocycles. The molecule has 1 aromatic rings. The summed E-state index contributed by atoms with van der Waals surface area (Å²) in [4.78, 5) is 0. The van der Waals surface area contributed by atoms with Crippen LogP contribution in [0.15, 0.2) is 22.7 Å². The minimum atomic E-state index is -0.0521. The monoisotopic (exact) mass is 329 g/mol. The maximum absolute atomic E-state index is 5.80. The first-order valence-electron chi connectivity index (χ1n) is 6.41. The van der Waals surface area contributed by atoms with Crippen LogP contribution in [0, 0.1) is 0 Å². The van der Waals surface area contributed by atoms with Crippen LogP contribution in [0.2, 0.25) is 0 Å². The molecule has 0 aromatic heterocycles. The van der Waals surface area contributed by atoms with Gasteiger partial charge in [-0.2, -0.15) is 0 Å². The molecule has 0 spiro atoms. The molecule has 0 aliphatic rings. The van der Waals surface area contributed by atoms with Crippen molar-refractivity contribution in [2.24, 2.45) is 11.5 Å². The van der Waals surface area contributed by atoms with Gasteiger partial charge in [-0.05, 0) is 18.2 Å². The second kappa shape index (κ2) is 7.24. The largest absolute Gasteiger partial charge is 0.496 e. The summed E-state index contributed by atoms with van der Waals surface area (Å²) in [6.45, 7) is 6.38. The third-order valence-corrected chi connectivity index (χ3v) is 3.66. The van der Waals surface area contributed by atoms with Gasteiger partial charge in [-0.3, -0.25) is 0 Å². The Morgan fingerprint density at radius 3 is 2.68 bits per heavy atom. The fourth-order valence-corrected chi connectivity index (χ4v) is 2.32. The van der Waals surface area contributed by atoms with Gasteiger partial charge in [0.15, 0.2) is 0 Å². The summed E-state index contributed by atoms with van der Waals surface area (Å²) >= 11 is 3.51. The molecule has 1 aromatic carbocycles. The molecule has 0 heterocycles. The molecule has 0 radical (unpaired) electrons. The van der Waals surface area contributed by atoms with Gasteiger partial charge in [0.1, 0.15) is 5.75 Å². The van der Waals surface area contributed by atoms with E-state index in [1.165, 1.54) is 0 Å². The van der Waals surface area contributed by atoms with Crippen molar-refractivity contribution in [2.45, 2.75) is 25.3 Å². The Balaban J connectivity index is 2.78. The van der Waals surface area contributed by atoms with Crippen molar-refractivity contribution in [1.29, 1.82) is 0 Å². The van der Waals surface area contributed by atoms with E-state index in [0.29, 0.717) is 6.54 Å². The zero-order valence-corrected chi connectivity index (χ0v) is 13.5. The fraction of sp³-hybridized carbons (Fsp3) is 0.571. The number of halogens is 1. The Morgan fingerprint density at radius 2 is 2.11 bits per heavy atom. The third-order valence-electron chi connectivity index (χ3n) is 3.17. The van der Waals surface area contributed by atoms with Crippen LogP contribution >= 0.6 is 15.9 Å². The SMILES string of the molecule is COc1ccc(Br)cc1C(C)(C)CNCC(N)CN. The van der Waals surface area contributed by atoms with E-state index in [-0.39, 0.29) is 11.5 Å². The number of hydrogen-bond donors (Lipinski definition) is 3. The van der Waals surface area contributed by atoms with E-state index < -0.39 is 0 Å². The van der Waals surface area contributed by atoms with Crippen LogP contribution in [0.1, 0.15) is 19.4 Å². The maximum atomic E-state index is 5.80. The van der Waals surface area contributed by atoms with Crippen LogP contribution in [0.3, 0.4) is 0 Å². The molecule has 4 nitrogen and oxygen atoms in total. The van der Waals surface area contributed by atoms with Crippen LogP contribution < -0.4 is 21.5 Å². The third kappa shape index (κ3) is 4.76. The van der Waals surface area contributed by atoms with Gasteiger partial charge in [0.05, 0.1) is 7.11 Å². The van der Waals surface area contributed by atoms with Gasteiger partial charge in [-0.25, -0.2) is 0 Å². The van der Waals surface area contributed by atoms with Gasteiger partial charge in [0.25, 0.3) is 0 Å². The van der Waals surface area contributed by atoms with Crippen molar-refractivity contribution in [3.05, 3.63) is 28.2 Å². The lowest BCUT2D eigenvalue weighted by atomic mass is 9.84. The first kappa shape index (κ1) is 16.4. The van der Waals surface area contributed by atoms with Crippen molar-refractivity contribution in [2.75, 3.05) is 26.7 Å². The Kier molecular flexibility index (Phi) is 6.26. The van der Waals surface area contributed by atoms with Crippen LogP contribution in [0.25, 0.3) is 0 Å². The molecule has 1 atom stereocenters. The van der Waals surface area contributed by atoms with Crippen molar-refractivity contribution >= 4 is 15.9 Å². The standard InChI is InChI=1S/C14H24BrN3O/c1-14(2,9-18-8-11(17)7-16)12-6-10(15)4-5-13(12)19-3/h4-6,11,18H,7-9,16-17H2,1-3H3. The minimum absolute atomic E-state index is 0.000190. The molecule has 19 heavy (non-hydrogen) atoms. The Morgan fingerprint density at radius 1 is 1.42 bits per heavy atom. The smallest absolute Gasteiger partial charge is 0.122 e. The van der Waals surface area contributed by atoms with Crippen LogP contribution in [0.4, 0.5) is 0 Å². The highest BCUT2D eigenvalue weighted by atomic mass is 79.9. The van der Waals surface area contributed by atoms with Crippen molar-refractivity contribution in [3.63, 3.8) is 0 Å². The van der Waals surface area contributed by atoms with E-state index in [4.69, 9.17) is 16.2 Å². The summed E-state index contributed by atoms with van der Waals surface area (Å²) in [6, 6.07) is 6.06. The van der Waals surface area contributed by atoms with Gasteiger partial charge in [0.2, 0.25) is 0 Å². The molecule has 0 amide bonds. The molecular weight excluding hydrogens is 306 g/mol. The van der Waals surface area contributed by atoms with Gasteiger partial charge in [0, 0.05) is 41.1 Å². The molecule has 1 unspecified atom stereocenters. The number of rotatable bonds is 7. The molecule has 0 aliphatic heterocycles. The highest BCUT2D eigenvalue weighted by molar-refractivity contribution is 9.10. The number of nitrogens with one attached hydrogen (secondary N) is 1. The molecule has 108 valence electrons. The van der Waals surface area contributed by atoms with Crippen LogP contribution in [-0.4, -0.2) is 32.8 Å². The summed E-state index contributed by atoms with van der Waals surface area (Å²) in [7, 11) is 1.70. The number of hydrogen-bond acceptors (Lipinski definition) is 4. The number of nitrogens with two attached hydrogens (primary N) is 2. The Hall–Kier alpha value is -0.620. The summed E-state index contributed by atoms with van der Waals surface area (Å²) in [5.41, 5.74) is 12.4. The topological polar surface area (TPSA) is 73.3 Å². The van der Waals surface area contributed by atoms with Crippen LogP contribution in [-0.2, 0) is 5.41 Å². The second-order valence-electron chi connectivity index (χ2n) is 5.36. The highest BCUT2D eigenvalue weighted by Gasteiger charge is 2.24. The van der Waals surface area contributed by atoms with Crippen LogP contribution in [0.5, 0.6) is 5.75 Å². The van der Waals surface area contributed by atoms with E-state index in [0.717, 1.165) is 28.9 Å². The number of methoxy groups -OCH3 is 1. The van der Waals surface area contributed by atoms with Gasteiger partial charge < -0.3 is 21.5 Å². The average Bonchev–Trinajstić information content (AvgIpc) is 2.38. The normalized spacial score (nSPS) is 13.4. The summed E-state index contributed by atoms with van der Waals surface area (Å²) in [6.07, 6.45) is 0. The zero-order valence-electron chi connectivity index (χ0n) is 11.9. The first-order valence-corrected chi connectivity index (χ1v) is 7.20. The maximum Gasteiger partial charge on any atom is 0.122 e. The Bertz CT molecular complexity index is 410. The predicted molar refractivity (Wildman–Crippen MR) is 83.6 cm³/mol. The summed E-state index contributed by atoms with van der Waals surface area (Å²) in [5.74, 6) is 0.901. The molecule has 5 N–H and O–H groups in total. The fourth-order valence-electron chi connectivity index (χ4n) is 1.96. The molecule has 0 saturated heterocycles. The average molecular weight is 330 g/mol. The van der Waals surface area contributed by atoms with E-state index in [1.807, 2.05) is 12.1 Å². The summed E-state index contributed by atoms with van der Waals surface area (Å²) in [5, 5.41) is 3.37. The van der Waals surface area contributed by atoms with E-state index >= 15 is 0 Å². The van der Waals surface area contributed by atoms with Crippen molar-refractivity contribution in [3.8, 4) is 5.75 Å². The highest BCUT2D eigenvalue weighted by Crippen LogP contribution is 2.33. The summed E-state index contributed by atoms with van der Waals surface area (Å²) < 4.78 is 6.49. The van der Waals surface area contributed by atoms with Gasteiger partial charge >= 0.3 is 0 Å². The van der Waals surface area contributed by atoms with E-state index in [9.17, 15) is 0 Å². The number of benzene rings is 1. The Labute approximate surface area is 124 Å². The lowest BCUT2D eigenvalue weighted by Crippen LogP contribution is -2.43. The molecule has 0 fully saturated rings. The quantitative estimate of drug-likeness (QED) is 0.710. The van der Waals surface area contributed by atoms with E-state index in [2.05, 4.69) is 41.2 Å². The first-order chi connectivity index (χ1) is 8.90. The molecular formula is C14H24BrN3O. The van der Waals surface area contributed by atoms with E-state index in [1.54, 1.807) is 7.11 Å². The van der Waals surface area contributed by atoms with Gasteiger partial charge in [-0.1, -0.05) is 29.8 Å². The number of ether oxygens (including phenoxy) is 1. The van der Waals surface area contributed by atoms with Crippen molar-refractivity contribution in [1.82, 2.24) is 5.32 Å². The lowest BCUT2D eigenvalue weighted by molar-refractivity contribution is 0.383. The molecule has 0 bridgehead atoms. The molecule has 1 rings (SSSR count). The minimum Gasteiger partial charge on any atom is -0.496 e. The zero-order chi connectivity index (χ0) is 14.5. The van der Waals surface area contributed by atoms with Gasteiger partial charge in [-0.15, -0.1) is 0 Å². The molecule has 0 saturated carbocycles. The predicted octanol–water partition coefficient (Wildman–Crippen LogP) is 1.61. The lowest BCUT2D eigenvalue weighted by Gasteiger charge is -2.28. The second-order valence-corrected chi connectivity index (χ2v) is 6.27.